The Morgan fingerprint density at radius 3 is 2.67 bits per heavy atom. The molecule has 4 heteroatoms. The Morgan fingerprint density at radius 1 is 1.27 bits per heavy atom. The van der Waals surface area contributed by atoms with E-state index in [1.807, 2.05) is 0 Å². The molecule has 2 rings (SSSR count). The maximum atomic E-state index is 12.8. The van der Waals surface area contributed by atoms with Crippen molar-refractivity contribution in [3.8, 4) is 5.75 Å². The van der Waals surface area contributed by atoms with Gasteiger partial charge in [-0.1, -0.05) is 0 Å². The quantitative estimate of drug-likeness (QED) is 0.830. The predicted octanol–water partition coefficient (Wildman–Crippen LogP) is 1.97. The Bertz CT molecular complexity index is 354. The Labute approximate surface area is 86.5 Å². The van der Waals surface area contributed by atoms with Gasteiger partial charge in [-0.2, -0.15) is 0 Å². The van der Waals surface area contributed by atoms with Gasteiger partial charge in [0.2, 0.25) is 0 Å². The first kappa shape index (κ1) is 10.4. The molecule has 0 bridgehead atoms. The molecule has 1 aliphatic rings. The van der Waals surface area contributed by atoms with E-state index in [9.17, 15) is 8.78 Å². The normalized spacial score (nSPS) is 23.9. The van der Waals surface area contributed by atoms with E-state index in [-0.39, 0.29) is 6.61 Å². The summed E-state index contributed by atoms with van der Waals surface area (Å²) in [4.78, 5) is 0. The van der Waals surface area contributed by atoms with Gasteiger partial charge in [0.1, 0.15) is 5.75 Å². The Morgan fingerprint density at radius 2 is 2.07 bits per heavy atom. The van der Waals surface area contributed by atoms with E-state index in [2.05, 4.69) is 0 Å². The molecule has 0 aliphatic heterocycles. The summed E-state index contributed by atoms with van der Waals surface area (Å²) in [6, 6.07) is 3.47. The maximum Gasteiger partial charge on any atom is 0.162 e. The fraction of sp³-hybridized carbons (Fsp3) is 0.455. The largest absolute Gasteiger partial charge is 0.493 e. The zero-order valence-corrected chi connectivity index (χ0v) is 8.12. The van der Waals surface area contributed by atoms with Crippen molar-refractivity contribution in [3.63, 3.8) is 0 Å². The van der Waals surface area contributed by atoms with Crippen LogP contribution in [-0.2, 0) is 0 Å². The number of benzene rings is 1. The highest BCUT2D eigenvalue weighted by molar-refractivity contribution is 5.23. The van der Waals surface area contributed by atoms with Crippen LogP contribution in [0.5, 0.6) is 5.75 Å². The van der Waals surface area contributed by atoms with Gasteiger partial charge in [-0.25, -0.2) is 8.78 Å². The summed E-state index contributed by atoms with van der Waals surface area (Å²) in [5.74, 6) is -0.778. The summed E-state index contributed by atoms with van der Waals surface area (Å²) in [5.41, 5.74) is 0. The van der Waals surface area contributed by atoms with Crippen LogP contribution in [0.3, 0.4) is 0 Å². The second kappa shape index (κ2) is 4.14. The molecule has 2 unspecified atom stereocenters. The third-order valence-corrected chi connectivity index (χ3v) is 2.66. The maximum absolute atomic E-state index is 12.8. The van der Waals surface area contributed by atoms with Crippen LogP contribution in [0.2, 0.25) is 0 Å². The van der Waals surface area contributed by atoms with Crippen molar-refractivity contribution in [1.29, 1.82) is 0 Å². The van der Waals surface area contributed by atoms with Gasteiger partial charge in [0.15, 0.2) is 11.6 Å². The van der Waals surface area contributed by atoms with Gasteiger partial charge in [0.05, 0.1) is 6.61 Å². The van der Waals surface area contributed by atoms with E-state index in [0.29, 0.717) is 24.2 Å². The zero-order valence-electron chi connectivity index (χ0n) is 8.12. The molecule has 82 valence electrons. The highest BCUT2D eigenvalue weighted by atomic mass is 19.2. The molecule has 1 saturated carbocycles. The summed E-state index contributed by atoms with van der Waals surface area (Å²) in [7, 11) is 0. The van der Waals surface area contributed by atoms with Crippen molar-refractivity contribution in [2.75, 3.05) is 13.2 Å². The van der Waals surface area contributed by atoms with Crippen LogP contribution < -0.4 is 4.74 Å². The molecule has 15 heavy (non-hydrogen) atoms. The van der Waals surface area contributed by atoms with Crippen molar-refractivity contribution in [1.82, 2.24) is 0 Å². The lowest BCUT2D eigenvalue weighted by atomic mass is 10.3. The second-order valence-corrected chi connectivity index (χ2v) is 3.83. The molecule has 0 heterocycles. The lowest BCUT2D eigenvalue weighted by molar-refractivity contribution is 0.242. The van der Waals surface area contributed by atoms with Gasteiger partial charge in [-0.3, -0.25) is 0 Å². The number of halogens is 2. The van der Waals surface area contributed by atoms with E-state index in [1.54, 1.807) is 0 Å². The van der Waals surface area contributed by atoms with Crippen molar-refractivity contribution in [2.45, 2.75) is 6.42 Å². The molecule has 0 saturated heterocycles. The summed E-state index contributed by atoms with van der Waals surface area (Å²) >= 11 is 0. The minimum atomic E-state index is -0.901. The van der Waals surface area contributed by atoms with E-state index >= 15 is 0 Å². The predicted molar refractivity (Wildman–Crippen MR) is 50.5 cm³/mol. The summed E-state index contributed by atoms with van der Waals surface area (Å²) in [5, 5.41) is 8.79. The number of rotatable bonds is 4. The van der Waals surface area contributed by atoms with Crippen LogP contribution in [-0.4, -0.2) is 18.3 Å². The monoisotopic (exact) mass is 214 g/mol. The number of ether oxygens (including phenoxy) is 1. The van der Waals surface area contributed by atoms with Gasteiger partial charge < -0.3 is 9.84 Å². The first-order valence-electron chi connectivity index (χ1n) is 4.89. The summed E-state index contributed by atoms with van der Waals surface area (Å²) < 4.78 is 30.6. The highest BCUT2D eigenvalue weighted by Crippen LogP contribution is 2.38. The average Bonchev–Trinajstić information content (AvgIpc) is 2.98. The van der Waals surface area contributed by atoms with Crippen LogP contribution in [0.25, 0.3) is 0 Å². The van der Waals surface area contributed by atoms with Crippen molar-refractivity contribution in [3.05, 3.63) is 29.8 Å². The summed E-state index contributed by atoms with van der Waals surface area (Å²) in [6.45, 7) is 0.627. The van der Waals surface area contributed by atoms with Crippen molar-refractivity contribution < 1.29 is 18.6 Å². The van der Waals surface area contributed by atoms with Crippen LogP contribution in [0, 0.1) is 23.5 Å². The molecule has 0 radical (unpaired) electrons. The molecule has 2 nitrogen and oxygen atoms in total. The van der Waals surface area contributed by atoms with Gasteiger partial charge >= 0.3 is 0 Å². The van der Waals surface area contributed by atoms with Crippen LogP contribution in [0.4, 0.5) is 8.78 Å². The first-order chi connectivity index (χ1) is 7.20. The van der Waals surface area contributed by atoms with E-state index in [1.165, 1.54) is 6.07 Å². The number of hydrogen-bond donors (Lipinski definition) is 1. The SMILES string of the molecule is OCC1CC1COc1ccc(F)c(F)c1. The average molecular weight is 214 g/mol. The molecule has 0 spiro atoms. The Balaban J connectivity index is 1.86. The summed E-state index contributed by atoms with van der Waals surface area (Å²) in [6.07, 6.45) is 0.945. The molecule has 1 N–H and O–H groups in total. The molecule has 0 aromatic heterocycles. The number of aliphatic hydroxyl groups is 1. The van der Waals surface area contributed by atoms with E-state index in [4.69, 9.17) is 9.84 Å². The first-order valence-corrected chi connectivity index (χ1v) is 4.89. The Hall–Kier alpha value is -1.16. The molecular weight excluding hydrogens is 202 g/mol. The number of hydrogen-bond acceptors (Lipinski definition) is 2. The van der Waals surface area contributed by atoms with Gasteiger partial charge in [-0.05, 0) is 30.4 Å². The second-order valence-electron chi connectivity index (χ2n) is 3.83. The van der Waals surface area contributed by atoms with Gasteiger partial charge in [0.25, 0.3) is 0 Å². The molecule has 2 atom stereocenters. The minimum Gasteiger partial charge on any atom is -0.493 e. The topological polar surface area (TPSA) is 29.5 Å². The van der Waals surface area contributed by atoms with Crippen LogP contribution in [0.1, 0.15) is 6.42 Å². The fourth-order valence-electron chi connectivity index (χ4n) is 1.51. The standard InChI is InChI=1S/C11H12F2O2/c12-10-2-1-9(4-11(10)13)15-6-8-3-7(8)5-14/h1-2,4,7-8,14H,3,5-6H2. The highest BCUT2D eigenvalue weighted by Gasteiger charge is 2.36. The lowest BCUT2D eigenvalue weighted by Crippen LogP contribution is -2.03. The molecule has 1 aromatic carbocycles. The van der Waals surface area contributed by atoms with Gasteiger partial charge in [-0.15, -0.1) is 0 Å². The van der Waals surface area contributed by atoms with Crippen molar-refractivity contribution in [2.24, 2.45) is 11.8 Å². The van der Waals surface area contributed by atoms with Gasteiger partial charge in [0, 0.05) is 12.7 Å². The van der Waals surface area contributed by atoms with Crippen LogP contribution >= 0.6 is 0 Å². The van der Waals surface area contributed by atoms with E-state index < -0.39 is 11.6 Å². The molecule has 1 aromatic rings. The number of aliphatic hydroxyl groups excluding tert-OH is 1. The fourth-order valence-corrected chi connectivity index (χ4v) is 1.51. The van der Waals surface area contributed by atoms with E-state index in [0.717, 1.165) is 18.6 Å². The van der Waals surface area contributed by atoms with Crippen LogP contribution in [0.15, 0.2) is 18.2 Å². The molecule has 1 fully saturated rings. The van der Waals surface area contributed by atoms with Crippen molar-refractivity contribution >= 4 is 0 Å². The third kappa shape index (κ3) is 2.45. The Kier molecular flexibility index (Phi) is 2.86. The lowest BCUT2D eigenvalue weighted by Gasteiger charge is -2.05. The smallest absolute Gasteiger partial charge is 0.162 e. The molecule has 1 aliphatic carbocycles. The molecule has 0 amide bonds. The molecular formula is C11H12F2O2. The third-order valence-electron chi connectivity index (χ3n) is 2.66. The zero-order chi connectivity index (χ0) is 10.8. The minimum absolute atomic E-state index is 0.172.